The summed E-state index contributed by atoms with van der Waals surface area (Å²) in [5, 5.41) is 11.5. The Bertz CT molecular complexity index is 1110. The standard InChI is InChI=1S/C18H20ClN5O3S/c1-23(2)28(26,27)15-6-7-17-16(11-15)21-22-24(17)9-8-18(25)20-12-13-4-3-5-14(19)10-13/h3-7,10-11H,8-9,12H2,1-2H3,(H,20,25). The molecule has 10 heteroatoms. The van der Waals surface area contributed by atoms with E-state index in [0.717, 1.165) is 9.87 Å². The predicted octanol–water partition coefficient (Wildman–Crippen LogP) is 2.04. The fourth-order valence-electron chi connectivity index (χ4n) is 2.63. The number of carbonyl (C=O) groups excluding carboxylic acids is 1. The molecule has 1 heterocycles. The number of nitrogens with zero attached hydrogens (tertiary/aromatic N) is 4. The summed E-state index contributed by atoms with van der Waals surface area (Å²) in [5.41, 5.74) is 2.05. The summed E-state index contributed by atoms with van der Waals surface area (Å²) >= 11 is 5.93. The number of rotatable bonds is 7. The molecule has 3 rings (SSSR count). The van der Waals surface area contributed by atoms with Crippen LogP contribution in [0, 0.1) is 0 Å². The van der Waals surface area contributed by atoms with Gasteiger partial charge in [0.25, 0.3) is 0 Å². The molecule has 0 aliphatic rings. The largest absolute Gasteiger partial charge is 0.352 e. The Hall–Kier alpha value is -2.49. The van der Waals surface area contributed by atoms with Crippen LogP contribution in [-0.4, -0.2) is 47.7 Å². The van der Waals surface area contributed by atoms with Gasteiger partial charge in [-0.2, -0.15) is 0 Å². The molecule has 0 radical (unpaired) electrons. The Morgan fingerprint density at radius 2 is 2.00 bits per heavy atom. The molecule has 1 amide bonds. The summed E-state index contributed by atoms with van der Waals surface area (Å²) in [6.45, 7) is 0.723. The average Bonchev–Trinajstić information content (AvgIpc) is 3.07. The number of benzene rings is 2. The van der Waals surface area contributed by atoms with Crippen molar-refractivity contribution in [3.8, 4) is 0 Å². The number of amides is 1. The molecule has 0 aliphatic heterocycles. The summed E-state index contributed by atoms with van der Waals surface area (Å²) < 4.78 is 27.2. The molecule has 28 heavy (non-hydrogen) atoms. The van der Waals surface area contributed by atoms with Crippen LogP contribution in [0.15, 0.2) is 47.4 Å². The number of aryl methyl sites for hydroxylation is 1. The van der Waals surface area contributed by atoms with E-state index in [0.29, 0.717) is 29.1 Å². The van der Waals surface area contributed by atoms with Crippen LogP contribution in [0.2, 0.25) is 5.02 Å². The van der Waals surface area contributed by atoms with E-state index in [2.05, 4.69) is 15.6 Å². The average molecular weight is 422 g/mol. The first-order valence-electron chi connectivity index (χ1n) is 8.54. The van der Waals surface area contributed by atoms with E-state index in [1.54, 1.807) is 22.9 Å². The van der Waals surface area contributed by atoms with E-state index in [-0.39, 0.29) is 17.2 Å². The van der Waals surface area contributed by atoms with Crippen molar-refractivity contribution in [1.29, 1.82) is 0 Å². The fourth-order valence-corrected chi connectivity index (χ4v) is 3.77. The van der Waals surface area contributed by atoms with Crippen molar-refractivity contribution in [3.05, 3.63) is 53.1 Å². The first-order valence-corrected chi connectivity index (χ1v) is 10.4. The van der Waals surface area contributed by atoms with Crippen LogP contribution in [0.1, 0.15) is 12.0 Å². The van der Waals surface area contributed by atoms with Gasteiger partial charge in [-0.25, -0.2) is 17.4 Å². The summed E-state index contributed by atoms with van der Waals surface area (Å²) in [7, 11) is -0.598. The van der Waals surface area contributed by atoms with E-state index in [4.69, 9.17) is 11.6 Å². The third-order valence-electron chi connectivity index (χ3n) is 4.19. The first kappa shape index (κ1) is 20.2. The smallest absolute Gasteiger partial charge is 0.242 e. The van der Waals surface area contributed by atoms with Crippen molar-refractivity contribution < 1.29 is 13.2 Å². The molecule has 3 aromatic rings. The van der Waals surface area contributed by atoms with E-state index >= 15 is 0 Å². The third-order valence-corrected chi connectivity index (χ3v) is 6.24. The Labute approximate surface area is 168 Å². The number of sulfonamides is 1. The minimum Gasteiger partial charge on any atom is -0.352 e. The zero-order valence-corrected chi connectivity index (χ0v) is 17.0. The quantitative estimate of drug-likeness (QED) is 0.629. The molecule has 0 atom stereocenters. The van der Waals surface area contributed by atoms with E-state index < -0.39 is 10.0 Å². The molecule has 0 saturated heterocycles. The van der Waals surface area contributed by atoms with E-state index in [1.807, 2.05) is 12.1 Å². The van der Waals surface area contributed by atoms with Gasteiger partial charge in [-0.1, -0.05) is 28.9 Å². The van der Waals surface area contributed by atoms with E-state index in [9.17, 15) is 13.2 Å². The number of aromatic nitrogens is 3. The number of fused-ring (bicyclic) bond motifs is 1. The molecule has 0 bridgehead atoms. The lowest BCUT2D eigenvalue weighted by molar-refractivity contribution is -0.121. The molecule has 0 saturated carbocycles. The maximum Gasteiger partial charge on any atom is 0.242 e. The van der Waals surface area contributed by atoms with Crippen molar-refractivity contribution in [2.24, 2.45) is 0 Å². The lowest BCUT2D eigenvalue weighted by atomic mass is 10.2. The molecule has 0 spiro atoms. The molecular formula is C18H20ClN5O3S. The van der Waals surface area contributed by atoms with Gasteiger partial charge in [0.1, 0.15) is 5.52 Å². The highest BCUT2D eigenvalue weighted by Crippen LogP contribution is 2.19. The normalized spacial score (nSPS) is 11.9. The molecule has 1 N–H and O–H groups in total. The molecule has 2 aromatic carbocycles. The van der Waals surface area contributed by atoms with Crippen molar-refractivity contribution in [1.82, 2.24) is 24.6 Å². The Morgan fingerprint density at radius 3 is 2.71 bits per heavy atom. The number of hydrogen-bond donors (Lipinski definition) is 1. The lowest BCUT2D eigenvalue weighted by Gasteiger charge is -2.11. The van der Waals surface area contributed by atoms with Gasteiger partial charge in [-0.15, -0.1) is 5.10 Å². The molecule has 148 valence electrons. The second kappa shape index (κ2) is 8.26. The van der Waals surface area contributed by atoms with Gasteiger partial charge in [0.2, 0.25) is 15.9 Å². The topological polar surface area (TPSA) is 97.2 Å². The Morgan fingerprint density at radius 1 is 1.21 bits per heavy atom. The van der Waals surface area contributed by atoms with Crippen molar-refractivity contribution in [2.45, 2.75) is 24.4 Å². The van der Waals surface area contributed by atoms with Gasteiger partial charge in [0.15, 0.2) is 0 Å². The minimum atomic E-state index is -3.54. The van der Waals surface area contributed by atoms with Gasteiger partial charge in [0.05, 0.1) is 17.0 Å². The number of nitrogens with one attached hydrogen (secondary N) is 1. The van der Waals surface area contributed by atoms with Crippen LogP contribution in [0.25, 0.3) is 11.0 Å². The second-order valence-electron chi connectivity index (χ2n) is 6.41. The van der Waals surface area contributed by atoms with Crippen LogP contribution in [-0.2, 0) is 27.9 Å². The molecule has 1 aromatic heterocycles. The van der Waals surface area contributed by atoms with Crippen LogP contribution in [0.4, 0.5) is 0 Å². The first-order chi connectivity index (χ1) is 13.3. The van der Waals surface area contributed by atoms with Gasteiger partial charge in [0, 0.05) is 32.1 Å². The number of halogens is 1. The highest BCUT2D eigenvalue weighted by molar-refractivity contribution is 7.89. The Kier molecular flexibility index (Phi) is 5.97. The SMILES string of the molecule is CN(C)S(=O)(=O)c1ccc2c(c1)nnn2CCC(=O)NCc1cccc(Cl)c1. The monoisotopic (exact) mass is 421 g/mol. The molecule has 0 aliphatic carbocycles. The summed E-state index contributed by atoms with van der Waals surface area (Å²) in [4.78, 5) is 12.3. The molecule has 8 nitrogen and oxygen atoms in total. The minimum absolute atomic E-state index is 0.129. The zero-order valence-electron chi connectivity index (χ0n) is 15.5. The van der Waals surface area contributed by atoms with Crippen molar-refractivity contribution >= 4 is 38.6 Å². The molecule has 0 unspecified atom stereocenters. The Balaban J connectivity index is 1.64. The lowest BCUT2D eigenvalue weighted by Crippen LogP contribution is -2.24. The van der Waals surface area contributed by atoms with E-state index in [1.165, 1.54) is 26.2 Å². The van der Waals surface area contributed by atoms with Gasteiger partial charge in [-0.3, -0.25) is 4.79 Å². The highest BCUT2D eigenvalue weighted by Gasteiger charge is 2.18. The van der Waals surface area contributed by atoms with Crippen LogP contribution >= 0.6 is 11.6 Å². The van der Waals surface area contributed by atoms with Crippen LogP contribution in [0.5, 0.6) is 0 Å². The third kappa shape index (κ3) is 4.49. The predicted molar refractivity (Wildman–Crippen MR) is 106 cm³/mol. The van der Waals surface area contributed by atoms with Crippen molar-refractivity contribution in [3.63, 3.8) is 0 Å². The molecular weight excluding hydrogens is 402 g/mol. The summed E-state index contributed by atoms with van der Waals surface area (Å²) in [6, 6.07) is 11.9. The maximum absolute atomic E-state index is 12.2. The number of carbonyl (C=O) groups is 1. The molecule has 0 fully saturated rings. The maximum atomic E-state index is 12.2. The summed E-state index contributed by atoms with van der Waals surface area (Å²) in [6.07, 6.45) is 0.219. The number of hydrogen-bond acceptors (Lipinski definition) is 5. The summed E-state index contributed by atoms with van der Waals surface area (Å²) in [5.74, 6) is -0.129. The second-order valence-corrected chi connectivity index (χ2v) is 9.00. The van der Waals surface area contributed by atoms with Gasteiger partial charge in [-0.05, 0) is 35.9 Å². The van der Waals surface area contributed by atoms with Crippen LogP contribution in [0.3, 0.4) is 0 Å². The zero-order chi connectivity index (χ0) is 20.3. The highest BCUT2D eigenvalue weighted by atomic mass is 35.5. The van der Waals surface area contributed by atoms with Crippen molar-refractivity contribution in [2.75, 3.05) is 14.1 Å². The fraction of sp³-hybridized carbons (Fsp3) is 0.278. The van der Waals surface area contributed by atoms with Gasteiger partial charge < -0.3 is 5.32 Å². The van der Waals surface area contributed by atoms with Crippen LogP contribution < -0.4 is 5.32 Å². The van der Waals surface area contributed by atoms with Gasteiger partial charge >= 0.3 is 0 Å².